The van der Waals surface area contributed by atoms with Gasteiger partial charge in [0.15, 0.2) is 12.2 Å². The van der Waals surface area contributed by atoms with Crippen molar-refractivity contribution in [3.8, 4) is 0 Å². The summed E-state index contributed by atoms with van der Waals surface area (Å²) in [5.41, 5.74) is -0.817. The van der Waals surface area contributed by atoms with Crippen LogP contribution in [-0.2, 0) is 23.8 Å². The molecule has 0 aliphatic carbocycles. The van der Waals surface area contributed by atoms with Crippen molar-refractivity contribution in [2.24, 2.45) is 11.3 Å². The largest absolute Gasteiger partial charge is 0.455 e. The van der Waals surface area contributed by atoms with Crippen LogP contribution >= 0.6 is 0 Å². The smallest absolute Gasteiger partial charge is 0.436 e. The van der Waals surface area contributed by atoms with Crippen molar-refractivity contribution < 1.29 is 28.7 Å². The van der Waals surface area contributed by atoms with Gasteiger partial charge in [-0.1, -0.05) is 25.8 Å². The molecule has 2 unspecified atom stereocenters. The lowest BCUT2D eigenvalue weighted by atomic mass is 9.97. The molecule has 10 nitrogen and oxygen atoms in total. The molecule has 10 heteroatoms. The zero-order valence-corrected chi connectivity index (χ0v) is 16.9. The molecule has 0 bridgehead atoms. The van der Waals surface area contributed by atoms with Crippen molar-refractivity contribution in [2.75, 3.05) is 0 Å². The fourth-order valence-corrected chi connectivity index (χ4v) is 2.74. The summed E-state index contributed by atoms with van der Waals surface area (Å²) in [6, 6.07) is 0. The highest BCUT2D eigenvalue weighted by Crippen LogP contribution is 2.38. The second-order valence-electron chi connectivity index (χ2n) is 8.04. The van der Waals surface area contributed by atoms with Gasteiger partial charge in [-0.25, -0.2) is 0 Å². The number of rotatable bonds is 6. The summed E-state index contributed by atoms with van der Waals surface area (Å²) >= 11 is 0. The first-order chi connectivity index (χ1) is 13.0. The average Bonchev–Trinajstić information content (AvgIpc) is 3.19. The maximum absolute atomic E-state index is 12.5. The maximum Gasteiger partial charge on any atom is 0.436 e. The minimum atomic E-state index is -1.05. The van der Waals surface area contributed by atoms with Crippen LogP contribution in [0, 0.1) is 21.4 Å². The van der Waals surface area contributed by atoms with E-state index in [9.17, 15) is 19.7 Å². The van der Waals surface area contributed by atoms with Crippen LogP contribution in [0.5, 0.6) is 0 Å². The van der Waals surface area contributed by atoms with E-state index in [0.29, 0.717) is 6.42 Å². The Kier molecular flexibility index (Phi) is 6.43. The van der Waals surface area contributed by atoms with Crippen LogP contribution in [0.4, 0.5) is 5.95 Å². The van der Waals surface area contributed by atoms with E-state index in [1.807, 2.05) is 6.92 Å². The summed E-state index contributed by atoms with van der Waals surface area (Å²) in [4.78, 5) is 39.1. The number of ether oxygens (including phenoxy) is 3. The van der Waals surface area contributed by atoms with Gasteiger partial charge in [0.05, 0.1) is 11.3 Å². The topological polar surface area (TPSA) is 123 Å². The summed E-state index contributed by atoms with van der Waals surface area (Å²) in [6.07, 6.45) is -0.473. The highest BCUT2D eigenvalue weighted by Gasteiger charge is 2.53. The Morgan fingerprint density at radius 1 is 1.32 bits per heavy atom. The van der Waals surface area contributed by atoms with Crippen LogP contribution in [0.2, 0.25) is 0 Å². The zero-order valence-electron chi connectivity index (χ0n) is 16.9. The molecule has 1 fully saturated rings. The molecule has 156 valence electrons. The first kappa shape index (κ1) is 21.8. The van der Waals surface area contributed by atoms with Gasteiger partial charge in [-0.15, -0.1) is 0 Å². The van der Waals surface area contributed by atoms with Crippen molar-refractivity contribution in [1.29, 1.82) is 0 Å². The predicted molar refractivity (Wildman–Crippen MR) is 97.1 cm³/mol. The minimum absolute atomic E-state index is 0.391. The van der Waals surface area contributed by atoms with Gasteiger partial charge in [-0.05, 0) is 32.1 Å². The Hall–Kier alpha value is -2.49. The van der Waals surface area contributed by atoms with E-state index in [-0.39, 0.29) is 0 Å². The Morgan fingerprint density at radius 2 is 1.96 bits per heavy atom. The van der Waals surface area contributed by atoms with Crippen LogP contribution in [0.1, 0.15) is 54.2 Å². The van der Waals surface area contributed by atoms with Crippen molar-refractivity contribution in [2.45, 2.75) is 72.5 Å². The molecule has 1 aliphatic heterocycles. The Balaban J connectivity index is 2.44. The molecule has 0 N–H and O–H groups in total. The van der Waals surface area contributed by atoms with Crippen molar-refractivity contribution >= 4 is 17.9 Å². The van der Waals surface area contributed by atoms with Crippen molar-refractivity contribution in [3.63, 3.8) is 0 Å². The van der Waals surface area contributed by atoms with Gasteiger partial charge in [0, 0.05) is 0 Å². The molecule has 0 amide bonds. The van der Waals surface area contributed by atoms with Gasteiger partial charge in [0.1, 0.15) is 18.5 Å². The molecule has 2 rings (SSSR count). The minimum Gasteiger partial charge on any atom is -0.455 e. The summed E-state index contributed by atoms with van der Waals surface area (Å²) in [6.45, 7) is 10.3. The predicted octanol–water partition coefficient (Wildman–Crippen LogP) is 2.62. The van der Waals surface area contributed by atoms with E-state index in [1.54, 1.807) is 34.6 Å². The monoisotopic (exact) mass is 397 g/mol. The maximum atomic E-state index is 12.5. The van der Waals surface area contributed by atoms with E-state index < -0.39 is 58.7 Å². The second kappa shape index (κ2) is 8.26. The number of nitrogens with zero attached hydrogens (tertiary/aromatic N) is 3. The highest BCUT2D eigenvalue weighted by atomic mass is 16.7. The lowest BCUT2D eigenvalue weighted by molar-refractivity contribution is -0.398. The Morgan fingerprint density at radius 3 is 2.46 bits per heavy atom. The van der Waals surface area contributed by atoms with Crippen LogP contribution < -0.4 is 0 Å². The molecule has 0 spiro atoms. The number of hydrogen-bond acceptors (Lipinski definition) is 8. The van der Waals surface area contributed by atoms with Gasteiger partial charge in [-0.3, -0.25) is 9.59 Å². The zero-order chi connectivity index (χ0) is 21.2. The van der Waals surface area contributed by atoms with Gasteiger partial charge in [-0.2, -0.15) is 4.57 Å². The fourth-order valence-electron chi connectivity index (χ4n) is 2.74. The standard InChI is InChI=1S/C18H27N3O7/c1-7-11-12(27-15(22)10(2)3)13(28-16(23)18(4,5)6)14(26-11)20-9-8-19-17(20)21(24)25/h8-14H,7H2,1-6H3/t11?,12-,13+,14?/m0/s1. The molecule has 0 aromatic carbocycles. The highest BCUT2D eigenvalue weighted by molar-refractivity contribution is 5.76. The number of esters is 2. The molecule has 0 radical (unpaired) electrons. The fraction of sp³-hybridized carbons (Fsp3) is 0.722. The molecule has 0 saturated carbocycles. The number of nitro groups is 1. The van der Waals surface area contributed by atoms with E-state index in [1.165, 1.54) is 17.0 Å². The van der Waals surface area contributed by atoms with Crippen LogP contribution in [-0.4, -0.2) is 44.7 Å². The van der Waals surface area contributed by atoms with Gasteiger partial charge >= 0.3 is 17.9 Å². The second-order valence-corrected chi connectivity index (χ2v) is 8.04. The van der Waals surface area contributed by atoms with Gasteiger partial charge < -0.3 is 24.3 Å². The molecule has 1 saturated heterocycles. The number of imidazole rings is 1. The van der Waals surface area contributed by atoms with Crippen LogP contribution in [0.15, 0.2) is 12.4 Å². The number of hydrogen-bond donors (Lipinski definition) is 0. The van der Waals surface area contributed by atoms with E-state index in [2.05, 4.69) is 4.98 Å². The summed E-state index contributed by atoms with van der Waals surface area (Å²) < 4.78 is 18.4. The summed E-state index contributed by atoms with van der Waals surface area (Å²) in [7, 11) is 0. The van der Waals surface area contributed by atoms with Crippen molar-refractivity contribution in [1.82, 2.24) is 9.55 Å². The molecule has 2 heterocycles. The summed E-state index contributed by atoms with van der Waals surface area (Å²) in [5, 5.41) is 11.3. The number of aromatic nitrogens is 2. The molecule has 4 atom stereocenters. The lowest BCUT2D eigenvalue weighted by Crippen LogP contribution is -2.42. The van der Waals surface area contributed by atoms with Gasteiger partial charge in [0.25, 0.3) is 0 Å². The molecule has 28 heavy (non-hydrogen) atoms. The normalized spacial score (nSPS) is 25.0. The van der Waals surface area contributed by atoms with Crippen LogP contribution in [0.3, 0.4) is 0 Å². The third-order valence-corrected chi connectivity index (χ3v) is 4.35. The van der Waals surface area contributed by atoms with E-state index >= 15 is 0 Å². The molecule has 1 aromatic heterocycles. The van der Waals surface area contributed by atoms with Gasteiger partial charge in [0.2, 0.25) is 6.23 Å². The Labute approximate surface area is 163 Å². The van der Waals surface area contributed by atoms with E-state index in [4.69, 9.17) is 14.2 Å². The molecular weight excluding hydrogens is 370 g/mol. The first-order valence-electron chi connectivity index (χ1n) is 9.21. The first-order valence-corrected chi connectivity index (χ1v) is 9.21. The molecular formula is C18H27N3O7. The number of carbonyl (C=O) groups is 2. The third-order valence-electron chi connectivity index (χ3n) is 4.35. The summed E-state index contributed by atoms with van der Waals surface area (Å²) in [5.74, 6) is -1.84. The SMILES string of the molecule is CCC1OC(n2ccnc2[N+](=O)[O-])[C@H](OC(=O)C(C)(C)C)[C@H]1OC(=O)C(C)C. The lowest BCUT2D eigenvalue weighted by Gasteiger charge is -2.27. The molecule has 1 aliphatic rings. The quantitative estimate of drug-likeness (QED) is 0.408. The van der Waals surface area contributed by atoms with Crippen molar-refractivity contribution in [3.05, 3.63) is 22.5 Å². The van der Waals surface area contributed by atoms with Crippen LogP contribution in [0.25, 0.3) is 0 Å². The number of carbonyl (C=O) groups excluding carboxylic acids is 2. The van der Waals surface area contributed by atoms with E-state index in [0.717, 1.165) is 0 Å². The third kappa shape index (κ3) is 4.49. The molecule has 1 aromatic rings. The Bertz CT molecular complexity index is 738. The average molecular weight is 397 g/mol.